The quantitative estimate of drug-likeness (QED) is 0.848. The van der Waals surface area contributed by atoms with E-state index in [1.54, 1.807) is 6.07 Å². The van der Waals surface area contributed by atoms with Gasteiger partial charge in [-0.1, -0.05) is 33.6 Å². The lowest BCUT2D eigenvalue weighted by atomic mass is 10.1. The van der Waals surface area contributed by atoms with E-state index in [-0.39, 0.29) is 6.42 Å². The van der Waals surface area contributed by atoms with Gasteiger partial charge in [-0.2, -0.15) is 0 Å². The van der Waals surface area contributed by atoms with Gasteiger partial charge in [0.1, 0.15) is 5.82 Å². The van der Waals surface area contributed by atoms with Crippen LogP contribution in [0.2, 0.25) is 5.02 Å². The highest BCUT2D eigenvalue weighted by atomic mass is 79.9. The van der Waals surface area contributed by atoms with Crippen LogP contribution in [0.15, 0.2) is 18.2 Å². The third-order valence-corrected chi connectivity index (χ3v) is 2.73. The molecule has 0 aromatic heterocycles. The molecule has 5 heteroatoms. The second kappa shape index (κ2) is 4.75. The van der Waals surface area contributed by atoms with Crippen molar-refractivity contribution in [1.82, 2.24) is 0 Å². The minimum Gasteiger partial charge on any atom is -0.369 e. The van der Waals surface area contributed by atoms with Crippen LogP contribution in [0.4, 0.5) is 4.39 Å². The number of rotatable bonds is 3. The zero-order chi connectivity index (χ0) is 10.7. The molecule has 0 aliphatic carbocycles. The SMILES string of the molecule is NC(=O)C(Br)Cc1ccc(Cl)cc1F. The first-order valence-electron chi connectivity index (χ1n) is 3.88. The largest absolute Gasteiger partial charge is 0.369 e. The van der Waals surface area contributed by atoms with Gasteiger partial charge in [0.15, 0.2) is 0 Å². The van der Waals surface area contributed by atoms with Gasteiger partial charge in [-0.05, 0) is 24.1 Å². The number of nitrogens with two attached hydrogens (primary N) is 1. The first-order valence-corrected chi connectivity index (χ1v) is 5.17. The van der Waals surface area contributed by atoms with Gasteiger partial charge in [0.25, 0.3) is 0 Å². The summed E-state index contributed by atoms with van der Waals surface area (Å²) in [5.74, 6) is -0.942. The summed E-state index contributed by atoms with van der Waals surface area (Å²) in [7, 11) is 0. The van der Waals surface area contributed by atoms with E-state index >= 15 is 0 Å². The molecule has 0 radical (unpaired) electrons. The van der Waals surface area contributed by atoms with Crippen molar-refractivity contribution in [1.29, 1.82) is 0 Å². The Morgan fingerprint density at radius 2 is 2.29 bits per heavy atom. The summed E-state index contributed by atoms with van der Waals surface area (Å²) >= 11 is 8.63. The van der Waals surface area contributed by atoms with E-state index in [9.17, 15) is 9.18 Å². The lowest BCUT2D eigenvalue weighted by Gasteiger charge is -2.06. The first-order chi connectivity index (χ1) is 6.50. The molecule has 2 nitrogen and oxygen atoms in total. The van der Waals surface area contributed by atoms with Crippen LogP contribution in [0.3, 0.4) is 0 Å². The maximum Gasteiger partial charge on any atom is 0.231 e. The van der Waals surface area contributed by atoms with Gasteiger partial charge in [0.05, 0.1) is 4.83 Å². The van der Waals surface area contributed by atoms with Crippen molar-refractivity contribution in [2.45, 2.75) is 11.2 Å². The summed E-state index contributed by atoms with van der Waals surface area (Å²) in [4.78, 5) is 10.2. The molecule has 1 rings (SSSR count). The number of carbonyl (C=O) groups is 1. The van der Waals surface area contributed by atoms with Crippen LogP contribution in [0.25, 0.3) is 0 Å². The third kappa shape index (κ3) is 2.96. The van der Waals surface area contributed by atoms with E-state index in [4.69, 9.17) is 17.3 Å². The molecule has 1 amide bonds. The Labute approximate surface area is 94.4 Å². The summed E-state index contributed by atoms with van der Waals surface area (Å²) < 4.78 is 13.2. The van der Waals surface area contributed by atoms with E-state index in [0.29, 0.717) is 10.6 Å². The summed E-state index contributed by atoms with van der Waals surface area (Å²) in [6.45, 7) is 0. The highest BCUT2D eigenvalue weighted by molar-refractivity contribution is 9.10. The number of hydrogen-bond donors (Lipinski definition) is 1. The van der Waals surface area contributed by atoms with Gasteiger partial charge in [-0.3, -0.25) is 4.79 Å². The topological polar surface area (TPSA) is 43.1 Å². The predicted molar refractivity (Wildman–Crippen MR) is 57.0 cm³/mol. The van der Waals surface area contributed by atoms with Crippen LogP contribution in [0, 0.1) is 5.82 Å². The lowest BCUT2D eigenvalue weighted by molar-refractivity contribution is -0.117. The van der Waals surface area contributed by atoms with Crippen LogP contribution in [0.1, 0.15) is 5.56 Å². The molecule has 0 heterocycles. The number of alkyl halides is 1. The average molecular weight is 281 g/mol. The van der Waals surface area contributed by atoms with Gasteiger partial charge in [0, 0.05) is 5.02 Å². The minimum atomic E-state index is -0.557. The number of carbonyl (C=O) groups excluding carboxylic acids is 1. The smallest absolute Gasteiger partial charge is 0.231 e. The Bertz CT molecular complexity index is 359. The summed E-state index contributed by atoms with van der Waals surface area (Å²) in [6, 6.07) is 4.31. The number of halogens is 3. The molecule has 0 aliphatic rings. The Balaban J connectivity index is 2.82. The van der Waals surface area contributed by atoms with Crippen LogP contribution in [-0.4, -0.2) is 10.7 Å². The molecule has 76 valence electrons. The molecule has 0 aliphatic heterocycles. The van der Waals surface area contributed by atoms with E-state index in [2.05, 4.69) is 15.9 Å². The van der Waals surface area contributed by atoms with Gasteiger partial charge in [-0.25, -0.2) is 4.39 Å². The standard InChI is InChI=1S/C9H8BrClFNO/c10-7(9(13)14)3-5-1-2-6(11)4-8(5)12/h1-2,4,7H,3H2,(H2,13,14). The van der Waals surface area contributed by atoms with Gasteiger partial charge >= 0.3 is 0 Å². The highest BCUT2D eigenvalue weighted by Crippen LogP contribution is 2.17. The normalized spacial score (nSPS) is 12.5. The maximum atomic E-state index is 13.2. The Hall–Kier alpha value is -0.610. The van der Waals surface area contributed by atoms with Crippen LogP contribution in [0.5, 0.6) is 0 Å². The fourth-order valence-electron chi connectivity index (χ4n) is 0.981. The molecule has 1 atom stereocenters. The third-order valence-electron chi connectivity index (χ3n) is 1.72. The molecule has 0 fully saturated rings. The summed E-state index contributed by atoms with van der Waals surface area (Å²) in [5.41, 5.74) is 5.44. The molecule has 0 spiro atoms. The van der Waals surface area contributed by atoms with Crippen LogP contribution in [-0.2, 0) is 11.2 Å². The molecule has 1 unspecified atom stereocenters. The summed E-state index contributed by atoms with van der Waals surface area (Å²) in [5, 5.41) is 0.330. The van der Waals surface area contributed by atoms with Gasteiger partial charge in [0.2, 0.25) is 5.91 Å². The van der Waals surface area contributed by atoms with Crippen molar-refractivity contribution in [3.8, 4) is 0 Å². The Morgan fingerprint density at radius 3 is 2.79 bits per heavy atom. The first kappa shape index (κ1) is 11.5. The molecule has 2 N–H and O–H groups in total. The fraction of sp³-hybridized carbons (Fsp3) is 0.222. The molecular weight excluding hydrogens is 272 g/mol. The van der Waals surface area contributed by atoms with Crippen LogP contribution < -0.4 is 5.73 Å². The Kier molecular flexibility index (Phi) is 3.89. The van der Waals surface area contributed by atoms with Crippen molar-refractivity contribution < 1.29 is 9.18 Å². The number of hydrogen-bond acceptors (Lipinski definition) is 1. The van der Waals surface area contributed by atoms with E-state index in [0.717, 1.165) is 0 Å². The Morgan fingerprint density at radius 1 is 1.64 bits per heavy atom. The molecule has 1 aromatic rings. The second-order valence-corrected chi connectivity index (χ2v) is 4.35. The van der Waals surface area contributed by atoms with Gasteiger partial charge in [-0.15, -0.1) is 0 Å². The van der Waals surface area contributed by atoms with Crippen molar-refractivity contribution in [2.24, 2.45) is 5.73 Å². The molecule has 0 saturated carbocycles. The minimum absolute atomic E-state index is 0.221. The molecule has 0 saturated heterocycles. The number of amides is 1. The zero-order valence-electron chi connectivity index (χ0n) is 7.14. The van der Waals surface area contributed by atoms with Crippen molar-refractivity contribution in [2.75, 3.05) is 0 Å². The fourth-order valence-corrected chi connectivity index (χ4v) is 1.49. The monoisotopic (exact) mass is 279 g/mol. The molecule has 14 heavy (non-hydrogen) atoms. The van der Waals surface area contributed by atoms with E-state index < -0.39 is 16.6 Å². The molecule has 0 bridgehead atoms. The van der Waals surface area contributed by atoms with Crippen LogP contribution >= 0.6 is 27.5 Å². The lowest BCUT2D eigenvalue weighted by Crippen LogP contribution is -2.25. The van der Waals surface area contributed by atoms with Crippen molar-refractivity contribution in [3.05, 3.63) is 34.6 Å². The van der Waals surface area contributed by atoms with Crippen molar-refractivity contribution in [3.63, 3.8) is 0 Å². The highest BCUT2D eigenvalue weighted by Gasteiger charge is 2.14. The predicted octanol–water partition coefficient (Wildman–Crippen LogP) is 2.27. The van der Waals surface area contributed by atoms with E-state index in [1.165, 1.54) is 12.1 Å². The zero-order valence-corrected chi connectivity index (χ0v) is 9.48. The number of primary amides is 1. The molecule has 1 aromatic carbocycles. The second-order valence-electron chi connectivity index (χ2n) is 2.81. The summed E-state index contributed by atoms with van der Waals surface area (Å²) in [6.07, 6.45) is 0.221. The molecular formula is C9H8BrClFNO. The van der Waals surface area contributed by atoms with Crippen molar-refractivity contribution >= 4 is 33.4 Å². The average Bonchev–Trinajstić information content (AvgIpc) is 2.09. The van der Waals surface area contributed by atoms with E-state index in [1.807, 2.05) is 0 Å². The number of benzene rings is 1. The van der Waals surface area contributed by atoms with Gasteiger partial charge < -0.3 is 5.73 Å². The maximum absolute atomic E-state index is 13.2.